The summed E-state index contributed by atoms with van der Waals surface area (Å²) in [5.41, 5.74) is 9.49. The molecule has 3 rings (SSSR count). The van der Waals surface area contributed by atoms with E-state index in [-0.39, 0.29) is 6.04 Å². The van der Waals surface area contributed by atoms with E-state index in [9.17, 15) is 4.79 Å². The topological polar surface area (TPSA) is 82.8 Å². The summed E-state index contributed by atoms with van der Waals surface area (Å²) >= 11 is 0. The van der Waals surface area contributed by atoms with Crippen molar-refractivity contribution in [2.45, 2.75) is 12.6 Å². The molecule has 1 amide bonds. The van der Waals surface area contributed by atoms with E-state index < -0.39 is 6.09 Å². The number of ether oxygens (including phenoxy) is 2. The first-order valence-corrected chi connectivity index (χ1v) is 6.87. The van der Waals surface area contributed by atoms with Gasteiger partial charge in [0.25, 0.3) is 0 Å². The third kappa shape index (κ3) is 3.29. The number of rotatable bonds is 5. The average molecular weight is 300 g/mol. The molecule has 0 aromatic heterocycles. The lowest BCUT2D eigenvalue weighted by molar-refractivity contribution is 0.0698. The minimum Gasteiger partial charge on any atom is -0.491 e. The maximum Gasteiger partial charge on any atom is 0.423 e. The second-order valence-corrected chi connectivity index (χ2v) is 4.88. The van der Waals surface area contributed by atoms with Crippen LogP contribution in [0.4, 0.5) is 4.79 Å². The number of benzene rings is 2. The predicted octanol–water partition coefficient (Wildman–Crippen LogP) is 2.30. The molecule has 0 radical (unpaired) electrons. The van der Waals surface area contributed by atoms with Crippen molar-refractivity contribution in [3.8, 4) is 11.5 Å². The van der Waals surface area contributed by atoms with E-state index >= 15 is 0 Å². The molecule has 0 spiro atoms. The van der Waals surface area contributed by atoms with Crippen molar-refractivity contribution < 1.29 is 19.1 Å². The van der Waals surface area contributed by atoms with E-state index in [0.717, 1.165) is 16.9 Å². The number of nitrogens with two attached hydrogens (primary N) is 1. The van der Waals surface area contributed by atoms with Crippen LogP contribution in [0.2, 0.25) is 0 Å². The standard InChI is InChI=1S/C16H16N2O4/c17-16(19)22-18-14-10-21-15-8-12(6-7-13(14)15)20-9-11-4-2-1-3-5-11/h1-8,14,18H,9-10H2,(H2,17,19)/t14-/m1/s1. The number of amides is 1. The highest BCUT2D eigenvalue weighted by molar-refractivity contribution is 5.64. The normalized spacial score (nSPS) is 15.7. The summed E-state index contributed by atoms with van der Waals surface area (Å²) in [5.74, 6) is 1.43. The van der Waals surface area contributed by atoms with Gasteiger partial charge in [0.15, 0.2) is 0 Å². The summed E-state index contributed by atoms with van der Waals surface area (Å²) < 4.78 is 11.3. The predicted molar refractivity (Wildman–Crippen MR) is 79.3 cm³/mol. The fourth-order valence-corrected chi connectivity index (χ4v) is 2.25. The molecule has 6 nitrogen and oxygen atoms in total. The van der Waals surface area contributed by atoms with Crippen LogP contribution in [0, 0.1) is 0 Å². The first kappa shape index (κ1) is 14.2. The molecule has 1 aliphatic rings. The van der Waals surface area contributed by atoms with Crippen LogP contribution in [0.5, 0.6) is 11.5 Å². The minimum absolute atomic E-state index is 0.231. The fraction of sp³-hybridized carbons (Fsp3) is 0.188. The molecule has 2 aromatic rings. The Morgan fingerprint density at radius 3 is 2.86 bits per heavy atom. The monoisotopic (exact) mass is 300 g/mol. The fourth-order valence-electron chi connectivity index (χ4n) is 2.25. The summed E-state index contributed by atoms with van der Waals surface area (Å²) in [6.45, 7) is 0.858. The second kappa shape index (κ2) is 6.36. The highest BCUT2D eigenvalue weighted by Gasteiger charge is 2.25. The molecule has 0 saturated heterocycles. The van der Waals surface area contributed by atoms with Crippen molar-refractivity contribution in [2.24, 2.45) is 5.73 Å². The Bertz CT molecular complexity index is 660. The minimum atomic E-state index is -0.878. The maximum absolute atomic E-state index is 10.6. The van der Waals surface area contributed by atoms with Crippen molar-refractivity contribution in [1.29, 1.82) is 0 Å². The number of carbonyl (C=O) groups excluding carboxylic acids is 1. The van der Waals surface area contributed by atoms with Gasteiger partial charge in [-0.05, 0) is 17.7 Å². The summed E-state index contributed by atoms with van der Waals surface area (Å²) in [5, 5.41) is 0. The largest absolute Gasteiger partial charge is 0.491 e. The summed E-state index contributed by atoms with van der Waals surface area (Å²) in [7, 11) is 0. The van der Waals surface area contributed by atoms with Gasteiger partial charge in [0.05, 0.1) is 0 Å². The molecule has 1 heterocycles. The number of primary amides is 1. The Balaban J connectivity index is 1.63. The van der Waals surface area contributed by atoms with Gasteiger partial charge in [0, 0.05) is 11.6 Å². The van der Waals surface area contributed by atoms with Gasteiger partial charge >= 0.3 is 6.09 Å². The van der Waals surface area contributed by atoms with Gasteiger partial charge < -0.3 is 20.0 Å². The lowest BCUT2D eigenvalue weighted by Gasteiger charge is -2.10. The molecule has 0 aliphatic carbocycles. The number of nitrogens with one attached hydrogen (secondary N) is 1. The molecule has 0 unspecified atom stereocenters. The van der Waals surface area contributed by atoms with Gasteiger partial charge in [-0.15, -0.1) is 5.48 Å². The van der Waals surface area contributed by atoms with E-state index in [1.807, 2.05) is 48.5 Å². The van der Waals surface area contributed by atoms with Gasteiger partial charge in [-0.3, -0.25) is 0 Å². The van der Waals surface area contributed by atoms with Gasteiger partial charge in [-0.1, -0.05) is 30.3 Å². The quantitative estimate of drug-likeness (QED) is 0.828. The molecule has 22 heavy (non-hydrogen) atoms. The van der Waals surface area contributed by atoms with Crippen molar-refractivity contribution in [2.75, 3.05) is 6.61 Å². The van der Waals surface area contributed by atoms with Gasteiger partial charge in [0.1, 0.15) is 30.8 Å². The molecular formula is C16H16N2O4. The van der Waals surface area contributed by atoms with Gasteiger partial charge in [0.2, 0.25) is 0 Å². The van der Waals surface area contributed by atoms with Gasteiger partial charge in [-0.25, -0.2) is 4.79 Å². The molecule has 1 atom stereocenters. The van der Waals surface area contributed by atoms with Crippen molar-refractivity contribution in [3.05, 3.63) is 59.7 Å². The van der Waals surface area contributed by atoms with Crippen LogP contribution in [-0.2, 0) is 11.4 Å². The van der Waals surface area contributed by atoms with E-state index in [1.165, 1.54) is 0 Å². The Labute approximate surface area is 127 Å². The molecule has 2 aromatic carbocycles. The van der Waals surface area contributed by atoms with Crippen LogP contribution in [-0.4, -0.2) is 12.7 Å². The lowest BCUT2D eigenvalue weighted by atomic mass is 10.1. The smallest absolute Gasteiger partial charge is 0.423 e. The number of hydrogen-bond donors (Lipinski definition) is 2. The van der Waals surface area contributed by atoms with E-state index in [0.29, 0.717) is 19.0 Å². The zero-order chi connectivity index (χ0) is 15.4. The molecular weight excluding hydrogens is 284 g/mol. The average Bonchev–Trinajstić information content (AvgIpc) is 2.94. The maximum atomic E-state index is 10.6. The Morgan fingerprint density at radius 1 is 1.27 bits per heavy atom. The van der Waals surface area contributed by atoms with Crippen molar-refractivity contribution in [3.63, 3.8) is 0 Å². The molecule has 0 bridgehead atoms. The van der Waals surface area contributed by atoms with E-state index in [2.05, 4.69) is 10.3 Å². The Morgan fingerprint density at radius 2 is 2.09 bits per heavy atom. The molecule has 114 valence electrons. The van der Waals surface area contributed by atoms with Crippen LogP contribution >= 0.6 is 0 Å². The number of hydrogen-bond acceptors (Lipinski definition) is 5. The van der Waals surface area contributed by atoms with Crippen LogP contribution in [0.1, 0.15) is 17.2 Å². The zero-order valence-corrected chi connectivity index (χ0v) is 11.8. The Kier molecular flexibility index (Phi) is 4.11. The van der Waals surface area contributed by atoms with Crippen molar-refractivity contribution in [1.82, 2.24) is 5.48 Å². The molecule has 0 fully saturated rings. The summed E-state index contributed by atoms with van der Waals surface area (Å²) in [6, 6.07) is 15.2. The highest BCUT2D eigenvalue weighted by atomic mass is 16.7. The number of hydroxylamine groups is 1. The van der Waals surface area contributed by atoms with Crippen LogP contribution in [0.15, 0.2) is 48.5 Å². The summed E-state index contributed by atoms with van der Waals surface area (Å²) in [4.78, 5) is 15.2. The highest BCUT2D eigenvalue weighted by Crippen LogP contribution is 2.35. The molecule has 6 heteroatoms. The van der Waals surface area contributed by atoms with E-state index in [1.54, 1.807) is 0 Å². The third-order valence-electron chi connectivity index (χ3n) is 3.32. The lowest BCUT2D eigenvalue weighted by Crippen LogP contribution is -2.29. The van der Waals surface area contributed by atoms with Crippen LogP contribution < -0.4 is 20.7 Å². The van der Waals surface area contributed by atoms with Crippen LogP contribution in [0.25, 0.3) is 0 Å². The number of carbonyl (C=O) groups is 1. The summed E-state index contributed by atoms with van der Waals surface area (Å²) in [6.07, 6.45) is -0.878. The number of fused-ring (bicyclic) bond motifs is 1. The first-order chi connectivity index (χ1) is 10.7. The third-order valence-corrected chi connectivity index (χ3v) is 3.32. The van der Waals surface area contributed by atoms with Crippen LogP contribution in [0.3, 0.4) is 0 Å². The first-order valence-electron chi connectivity index (χ1n) is 6.87. The zero-order valence-electron chi connectivity index (χ0n) is 11.8. The molecule has 3 N–H and O–H groups in total. The molecule has 0 saturated carbocycles. The Hall–Kier alpha value is -2.73. The van der Waals surface area contributed by atoms with E-state index in [4.69, 9.17) is 15.2 Å². The van der Waals surface area contributed by atoms with Gasteiger partial charge in [-0.2, -0.15) is 0 Å². The second-order valence-electron chi connectivity index (χ2n) is 4.88. The SMILES string of the molecule is NC(=O)ON[C@@H]1COc2cc(OCc3ccccc3)ccc21. The van der Waals surface area contributed by atoms with Crippen molar-refractivity contribution >= 4 is 6.09 Å². The molecule has 1 aliphatic heterocycles.